The third-order valence-electron chi connectivity index (χ3n) is 4.39. The molecule has 2 nitrogen and oxygen atoms in total. The maximum absolute atomic E-state index is 6.45. The van der Waals surface area contributed by atoms with Gasteiger partial charge in [-0.25, -0.2) is 0 Å². The van der Waals surface area contributed by atoms with E-state index < -0.39 is 0 Å². The van der Waals surface area contributed by atoms with Crippen molar-refractivity contribution in [2.45, 2.75) is 58.4 Å². The van der Waals surface area contributed by atoms with Crippen molar-refractivity contribution in [1.29, 1.82) is 0 Å². The molecule has 2 N–H and O–H groups in total. The van der Waals surface area contributed by atoms with Crippen LogP contribution in [0.3, 0.4) is 0 Å². The summed E-state index contributed by atoms with van der Waals surface area (Å²) in [6.07, 6.45) is 8.75. The third kappa shape index (κ3) is 3.32. The Hall–Kier alpha value is -0.340. The van der Waals surface area contributed by atoms with Crippen LogP contribution in [0, 0.1) is 5.41 Å². The van der Waals surface area contributed by atoms with Gasteiger partial charge in [0.15, 0.2) is 0 Å². The van der Waals surface area contributed by atoms with Gasteiger partial charge in [0.05, 0.1) is 0 Å². The van der Waals surface area contributed by atoms with Gasteiger partial charge < -0.3 is 5.73 Å². The first-order chi connectivity index (χ1) is 7.89. The van der Waals surface area contributed by atoms with Gasteiger partial charge >= 0.3 is 0 Å². The second-order valence-corrected chi connectivity index (χ2v) is 7.03. The molecule has 2 heteroatoms. The van der Waals surface area contributed by atoms with Crippen molar-refractivity contribution in [2.75, 3.05) is 19.6 Å². The predicted octanol–water partition coefficient (Wildman–Crippen LogP) is 2.94. The highest BCUT2D eigenvalue weighted by Gasteiger charge is 2.32. The Bertz CT molecular complexity index is 293. The van der Waals surface area contributed by atoms with Crippen LogP contribution in [0.4, 0.5) is 0 Å². The zero-order valence-corrected chi connectivity index (χ0v) is 11.8. The SMILES string of the molecule is CC(C)(C)C1=CCN(CC2(N)CCCC2)CC1. The van der Waals surface area contributed by atoms with Crippen LogP contribution < -0.4 is 5.73 Å². The average molecular weight is 236 g/mol. The Labute approximate surface area is 106 Å². The molecule has 1 aliphatic heterocycles. The Morgan fingerprint density at radius 2 is 1.94 bits per heavy atom. The summed E-state index contributed by atoms with van der Waals surface area (Å²) in [5.41, 5.74) is 8.53. The molecule has 1 fully saturated rings. The van der Waals surface area contributed by atoms with E-state index in [9.17, 15) is 0 Å². The zero-order valence-electron chi connectivity index (χ0n) is 11.8. The van der Waals surface area contributed by atoms with Crippen LogP contribution in [0.25, 0.3) is 0 Å². The van der Waals surface area contributed by atoms with E-state index >= 15 is 0 Å². The van der Waals surface area contributed by atoms with Crippen molar-refractivity contribution in [3.63, 3.8) is 0 Å². The summed E-state index contributed by atoms with van der Waals surface area (Å²) in [5, 5.41) is 0. The summed E-state index contributed by atoms with van der Waals surface area (Å²) in [7, 11) is 0. The molecule has 0 saturated heterocycles. The van der Waals surface area contributed by atoms with Crippen LogP contribution in [-0.2, 0) is 0 Å². The maximum atomic E-state index is 6.45. The van der Waals surface area contributed by atoms with Gasteiger partial charge in [0.1, 0.15) is 0 Å². The van der Waals surface area contributed by atoms with E-state index in [0.717, 1.165) is 13.1 Å². The van der Waals surface area contributed by atoms with Gasteiger partial charge in [0.25, 0.3) is 0 Å². The highest BCUT2D eigenvalue weighted by molar-refractivity contribution is 5.15. The average Bonchev–Trinajstić information content (AvgIpc) is 2.64. The van der Waals surface area contributed by atoms with E-state index in [1.54, 1.807) is 5.57 Å². The molecule has 1 aliphatic carbocycles. The molecule has 0 amide bonds. The van der Waals surface area contributed by atoms with Crippen molar-refractivity contribution < 1.29 is 0 Å². The van der Waals surface area contributed by atoms with Crippen LogP contribution in [0.1, 0.15) is 52.9 Å². The van der Waals surface area contributed by atoms with E-state index in [2.05, 4.69) is 31.7 Å². The quantitative estimate of drug-likeness (QED) is 0.747. The molecule has 0 atom stereocenters. The van der Waals surface area contributed by atoms with Crippen LogP contribution in [0.2, 0.25) is 0 Å². The molecule has 0 aromatic heterocycles. The van der Waals surface area contributed by atoms with E-state index in [0.29, 0.717) is 5.41 Å². The van der Waals surface area contributed by atoms with Crippen molar-refractivity contribution in [3.8, 4) is 0 Å². The summed E-state index contributed by atoms with van der Waals surface area (Å²) in [4.78, 5) is 2.54. The topological polar surface area (TPSA) is 29.3 Å². The summed E-state index contributed by atoms with van der Waals surface area (Å²) in [5.74, 6) is 0. The lowest BCUT2D eigenvalue weighted by atomic mass is 9.82. The second kappa shape index (κ2) is 4.74. The molecule has 17 heavy (non-hydrogen) atoms. The van der Waals surface area contributed by atoms with Crippen molar-refractivity contribution in [1.82, 2.24) is 4.90 Å². The summed E-state index contributed by atoms with van der Waals surface area (Å²) >= 11 is 0. The van der Waals surface area contributed by atoms with Gasteiger partial charge in [-0.3, -0.25) is 4.90 Å². The highest BCUT2D eigenvalue weighted by atomic mass is 15.1. The lowest BCUT2D eigenvalue weighted by Gasteiger charge is -2.36. The number of nitrogens with zero attached hydrogens (tertiary/aromatic N) is 1. The Morgan fingerprint density at radius 1 is 1.29 bits per heavy atom. The minimum atomic E-state index is 0.118. The number of rotatable bonds is 2. The Kier molecular flexibility index (Phi) is 3.65. The van der Waals surface area contributed by atoms with E-state index in [-0.39, 0.29) is 5.54 Å². The molecular formula is C15H28N2. The lowest BCUT2D eigenvalue weighted by molar-refractivity contribution is 0.215. The zero-order chi connectivity index (χ0) is 12.5. The molecule has 0 unspecified atom stereocenters. The fourth-order valence-corrected chi connectivity index (χ4v) is 3.22. The van der Waals surface area contributed by atoms with E-state index in [1.165, 1.54) is 38.6 Å². The summed E-state index contributed by atoms with van der Waals surface area (Å²) in [6, 6.07) is 0. The van der Waals surface area contributed by atoms with Crippen molar-refractivity contribution in [3.05, 3.63) is 11.6 Å². The Morgan fingerprint density at radius 3 is 2.41 bits per heavy atom. The Balaban J connectivity index is 1.89. The molecule has 1 heterocycles. The number of nitrogens with two attached hydrogens (primary N) is 1. The fraction of sp³-hybridized carbons (Fsp3) is 0.867. The van der Waals surface area contributed by atoms with Crippen LogP contribution in [0.5, 0.6) is 0 Å². The largest absolute Gasteiger partial charge is 0.324 e. The molecule has 0 aromatic carbocycles. The monoisotopic (exact) mass is 236 g/mol. The van der Waals surface area contributed by atoms with Crippen LogP contribution in [-0.4, -0.2) is 30.1 Å². The van der Waals surface area contributed by atoms with Gasteiger partial charge in [-0.05, 0) is 24.7 Å². The van der Waals surface area contributed by atoms with Gasteiger partial charge in [-0.1, -0.05) is 45.3 Å². The van der Waals surface area contributed by atoms with Gasteiger partial charge in [0.2, 0.25) is 0 Å². The van der Waals surface area contributed by atoms with Gasteiger partial charge in [-0.15, -0.1) is 0 Å². The molecule has 0 radical (unpaired) electrons. The number of hydrogen-bond acceptors (Lipinski definition) is 2. The van der Waals surface area contributed by atoms with Gasteiger partial charge in [-0.2, -0.15) is 0 Å². The molecule has 0 bridgehead atoms. The molecule has 1 saturated carbocycles. The van der Waals surface area contributed by atoms with E-state index in [4.69, 9.17) is 5.73 Å². The van der Waals surface area contributed by atoms with E-state index in [1.807, 2.05) is 0 Å². The molecule has 2 aliphatic rings. The van der Waals surface area contributed by atoms with Crippen LogP contribution in [0.15, 0.2) is 11.6 Å². The summed E-state index contributed by atoms with van der Waals surface area (Å²) < 4.78 is 0. The normalized spacial score (nSPS) is 26.0. The smallest absolute Gasteiger partial charge is 0.0283 e. The third-order valence-corrected chi connectivity index (χ3v) is 4.39. The van der Waals surface area contributed by atoms with Crippen molar-refractivity contribution >= 4 is 0 Å². The lowest BCUT2D eigenvalue weighted by Crippen LogP contribution is -2.49. The molecule has 0 aromatic rings. The van der Waals surface area contributed by atoms with Crippen LogP contribution >= 0.6 is 0 Å². The molecule has 98 valence electrons. The highest BCUT2D eigenvalue weighted by Crippen LogP contribution is 2.32. The van der Waals surface area contributed by atoms with Gasteiger partial charge in [0, 0.05) is 25.2 Å². The predicted molar refractivity (Wildman–Crippen MR) is 74.0 cm³/mol. The summed E-state index contributed by atoms with van der Waals surface area (Å²) in [6.45, 7) is 10.3. The first-order valence-electron chi connectivity index (χ1n) is 7.10. The first kappa shape index (κ1) is 13.1. The number of hydrogen-bond donors (Lipinski definition) is 1. The molecular weight excluding hydrogens is 208 g/mol. The van der Waals surface area contributed by atoms with Crippen molar-refractivity contribution in [2.24, 2.45) is 11.1 Å². The molecule has 2 rings (SSSR count). The standard InChI is InChI=1S/C15H28N2/c1-14(2,3)13-6-10-17(11-7-13)12-15(16)8-4-5-9-15/h6H,4-5,7-12,16H2,1-3H3. The maximum Gasteiger partial charge on any atom is 0.0283 e. The first-order valence-corrected chi connectivity index (χ1v) is 7.10. The minimum Gasteiger partial charge on any atom is -0.324 e. The molecule has 0 spiro atoms. The second-order valence-electron chi connectivity index (χ2n) is 7.03. The fourth-order valence-electron chi connectivity index (χ4n) is 3.22. The minimum absolute atomic E-state index is 0.118.